The van der Waals surface area contributed by atoms with Gasteiger partial charge in [0.1, 0.15) is 0 Å². The van der Waals surface area contributed by atoms with Gasteiger partial charge in [-0.3, -0.25) is 0 Å². The number of hydrogen-bond donors (Lipinski definition) is 0. The smallest absolute Gasteiger partial charge is 0.0713 e. The Labute approximate surface area is 409 Å². The Morgan fingerprint density at radius 1 is 0.271 bits per heavy atom. The number of para-hydroxylation sites is 3. The lowest BCUT2D eigenvalue weighted by Gasteiger charge is -2.34. The number of nitrogens with zero attached hydrogens (tertiary/aromatic N) is 3. The van der Waals surface area contributed by atoms with Crippen LogP contribution in [0.25, 0.3) is 49.7 Å². The van der Waals surface area contributed by atoms with E-state index < -0.39 is 5.41 Å². The maximum Gasteiger partial charge on any atom is 0.0713 e. The summed E-state index contributed by atoms with van der Waals surface area (Å²) in [7, 11) is 0. The number of anilines is 6. The van der Waals surface area contributed by atoms with E-state index >= 15 is 0 Å². The Bertz CT molecular complexity index is 3720. The molecule has 0 fully saturated rings. The molecule has 3 nitrogen and oxygen atoms in total. The van der Waals surface area contributed by atoms with Crippen LogP contribution in [0.3, 0.4) is 0 Å². The third-order valence-electron chi connectivity index (χ3n) is 14.2. The average Bonchev–Trinajstić information content (AvgIpc) is 3.93. The average molecular weight is 894 g/mol. The molecular formula is C67H47N3. The predicted octanol–water partition coefficient (Wildman–Crippen LogP) is 17.8. The summed E-state index contributed by atoms with van der Waals surface area (Å²) >= 11 is 0. The Morgan fingerprint density at radius 2 is 0.686 bits per heavy atom. The van der Waals surface area contributed by atoms with E-state index in [4.69, 9.17) is 0 Å². The van der Waals surface area contributed by atoms with Crippen molar-refractivity contribution in [3.05, 3.63) is 307 Å². The van der Waals surface area contributed by atoms with Crippen LogP contribution in [0.5, 0.6) is 0 Å². The van der Waals surface area contributed by atoms with Crippen LogP contribution in [0, 0.1) is 0 Å². The van der Waals surface area contributed by atoms with Crippen molar-refractivity contribution in [2.24, 2.45) is 0 Å². The molecule has 0 unspecified atom stereocenters. The first kappa shape index (κ1) is 41.0. The minimum atomic E-state index is -0.533. The van der Waals surface area contributed by atoms with Gasteiger partial charge in [-0.25, -0.2) is 0 Å². The zero-order chi connectivity index (χ0) is 46.4. The molecule has 0 aliphatic heterocycles. The summed E-state index contributed by atoms with van der Waals surface area (Å²) in [6.45, 7) is 0. The maximum absolute atomic E-state index is 2.49. The van der Waals surface area contributed by atoms with Crippen LogP contribution >= 0.6 is 0 Å². The molecule has 11 aromatic carbocycles. The van der Waals surface area contributed by atoms with Gasteiger partial charge in [-0.05, 0) is 148 Å². The van der Waals surface area contributed by atoms with Gasteiger partial charge in [-0.2, -0.15) is 0 Å². The van der Waals surface area contributed by atoms with E-state index in [0.29, 0.717) is 0 Å². The van der Waals surface area contributed by atoms with Gasteiger partial charge in [0.25, 0.3) is 0 Å². The van der Waals surface area contributed by atoms with Gasteiger partial charge >= 0.3 is 0 Å². The summed E-state index contributed by atoms with van der Waals surface area (Å²) in [5, 5.41) is 2.38. The van der Waals surface area contributed by atoms with Crippen molar-refractivity contribution in [1.29, 1.82) is 0 Å². The number of benzene rings is 11. The fourth-order valence-corrected chi connectivity index (χ4v) is 11.2. The quantitative estimate of drug-likeness (QED) is 0.136. The Hall–Kier alpha value is -9.18. The highest BCUT2D eigenvalue weighted by molar-refractivity contribution is 6.11. The lowest BCUT2D eigenvalue weighted by Crippen LogP contribution is -2.28. The minimum absolute atomic E-state index is 0.533. The van der Waals surface area contributed by atoms with Gasteiger partial charge in [0.2, 0.25) is 0 Å². The van der Waals surface area contributed by atoms with Crippen LogP contribution in [-0.4, -0.2) is 4.57 Å². The number of hydrogen-bond acceptors (Lipinski definition) is 2. The summed E-state index contributed by atoms with van der Waals surface area (Å²) in [5.74, 6) is 0. The lowest BCUT2D eigenvalue weighted by atomic mass is 9.67. The summed E-state index contributed by atoms with van der Waals surface area (Å²) < 4.78 is 2.45. The number of aromatic nitrogens is 1. The van der Waals surface area contributed by atoms with Crippen molar-refractivity contribution in [1.82, 2.24) is 4.57 Å². The molecule has 1 aliphatic rings. The highest BCUT2D eigenvalue weighted by Crippen LogP contribution is 2.56. The highest BCUT2D eigenvalue weighted by atomic mass is 15.1. The van der Waals surface area contributed by atoms with Crippen molar-refractivity contribution in [2.45, 2.75) is 5.41 Å². The van der Waals surface area contributed by atoms with Crippen LogP contribution in [0.2, 0.25) is 0 Å². The lowest BCUT2D eigenvalue weighted by molar-refractivity contribution is 0.770. The first-order chi connectivity index (χ1) is 34.7. The van der Waals surface area contributed by atoms with Crippen LogP contribution in [0.4, 0.5) is 34.1 Å². The van der Waals surface area contributed by atoms with E-state index in [2.05, 4.69) is 299 Å². The van der Waals surface area contributed by atoms with E-state index in [1.807, 2.05) is 0 Å². The van der Waals surface area contributed by atoms with Crippen LogP contribution in [-0.2, 0) is 5.41 Å². The number of fused-ring (bicyclic) bond motifs is 6. The molecule has 0 amide bonds. The fourth-order valence-electron chi connectivity index (χ4n) is 11.2. The largest absolute Gasteiger partial charge is 0.310 e. The summed E-state index contributed by atoms with van der Waals surface area (Å²) in [6.07, 6.45) is 0. The van der Waals surface area contributed by atoms with E-state index in [1.165, 1.54) is 55.3 Å². The predicted molar refractivity (Wildman–Crippen MR) is 293 cm³/mol. The van der Waals surface area contributed by atoms with Crippen molar-refractivity contribution < 1.29 is 0 Å². The Kier molecular flexibility index (Phi) is 10.1. The van der Waals surface area contributed by atoms with E-state index in [-0.39, 0.29) is 0 Å². The molecule has 0 bridgehead atoms. The summed E-state index contributed by atoms with van der Waals surface area (Å²) in [6, 6.07) is 104. The van der Waals surface area contributed by atoms with Gasteiger partial charge in [-0.1, -0.05) is 182 Å². The molecule has 13 rings (SSSR count). The van der Waals surface area contributed by atoms with Gasteiger partial charge in [0.15, 0.2) is 0 Å². The molecule has 1 aliphatic carbocycles. The number of rotatable bonds is 10. The van der Waals surface area contributed by atoms with E-state index in [0.717, 1.165) is 50.8 Å². The topological polar surface area (TPSA) is 11.4 Å². The molecule has 1 heterocycles. The van der Waals surface area contributed by atoms with Crippen LogP contribution in [0.15, 0.2) is 285 Å². The first-order valence-electron chi connectivity index (χ1n) is 24.1. The van der Waals surface area contributed by atoms with E-state index in [9.17, 15) is 0 Å². The molecule has 0 spiro atoms. The van der Waals surface area contributed by atoms with Crippen molar-refractivity contribution >= 4 is 55.9 Å². The SMILES string of the molecule is c1ccc(-c2cccc(N(c3ccccc3)c3ccc(-n4c5ccc(N(c6ccccc6)c6ccccc6)cc5c5cc(C6(c7ccccc7)c7ccccc7-c7ccccc76)ccc54)cc3)c2)cc1. The fraction of sp³-hybridized carbons (Fsp3) is 0.0149. The second-order valence-corrected chi connectivity index (χ2v) is 18.1. The molecule has 0 radical (unpaired) electrons. The van der Waals surface area contributed by atoms with Crippen LogP contribution < -0.4 is 9.80 Å². The van der Waals surface area contributed by atoms with Gasteiger partial charge in [0, 0.05) is 50.6 Å². The molecule has 0 N–H and O–H groups in total. The molecule has 0 saturated carbocycles. The second kappa shape index (κ2) is 17.2. The second-order valence-electron chi connectivity index (χ2n) is 18.1. The molecule has 330 valence electrons. The van der Waals surface area contributed by atoms with Crippen molar-refractivity contribution in [3.8, 4) is 27.9 Å². The van der Waals surface area contributed by atoms with Gasteiger partial charge in [0.05, 0.1) is 16.4 Å². The molecular weight excluding hydrogens is 847 g/mol. The summed E-state index contributed by atoms with van der Waals surface area (Å²) in [4.78, 5) is 4.71. The van der Waals surface area contributed by atoms with Gasteiger partial charge in [-0.15, -0.1) is 0 Å². The molecule has 1 aromatic heterocycles. The first-order valence-corrected chi connectivity index (χ1v) is 24.1. The third kappa shape index (κ3) is 6.74. The minimum Gasteiger partial charge on any atom is -0.310 e. The summed E-state index contributed by atoms with van der Waals surface area (Å²) in [5.41, 5.74) is 19.5. The standard InChI is InChI=1S/C67H47N3/c1-6-21-48(22-7-1)49-23-20-32-57(45-49)69(54-30-14-5-15-31-54)55-38-40-56(41-39-55)70-65-43-37-51(67(50-24-8-2-9-25-50)63-35-18-16-33-59(63)60-34-17-19-36-64(60)67)46-61(65)62-47-58(42-44-66(62)70)68(52-26-10-3-11-27-52)53-28-12-4-13-29-53/h1-47H. The molecule has 3 heteroatoms. The van der Waals surface area contributed by atoms with Crippen LogP contribution in [0.1, 0.15) is 22.3 Å². The molecule has 70 heavy (non-hydrogen) atoms. The maximum atomic E-state index is 2.49. The Morgan fingerprint density at radius 3 is 1.26 bits per heavy atom. The van der Waals surface area contributed by atoms with Gasteiger partial charge < -0.3 is 14.4 Å². The monoisotopic (exact) mass is 893 g/mol. The highest BCUT2D eigenvalue weighted by Gasteiger charge is 2.46. The Balaban J connectivity index is 1.03. The molecule has 0 atom stereocenters. The zero-order valence-corrected chi connectivity index (χ0v) is 38.5. The third-order valence-corrected chi connectivity index (χ3v) is 14.2. The molecule has 0 saturated heterocycles. The van der Waals surface area contributed by atoms with E-state index in [1.54, 1.807) is 0 Å². The normalized spacial score (nSPS) is 12.4. The zero-order valence-electron chi connectivity index (χ0n) is 38.5. The van der Waals surface area contributed by atoms with Crippen molar-refractivity contribution in [2.75, 3.05) is 9.80 Å². The van der Waals surface area contributed by atoms with Crippen molar-refractivity contribution in [3.63, 3.8) is 0 Å². The molecule has 12 aromatic rings.